The molecule has 1 amide bonds. The van der Waals surface area contributed by atoms with Crippen molar-refractivity contribution in [2.45, 2.75) is 19.9 Å². The number of ether oxygens (including phenoxy) is 1. The molecule has 0 saturated heterocycles. The Morgan fingerprint density at radius 1 is 1.28 bits per heavy atom. The van der Waals surface area contributed by atoms with E-state index >= 15 is 0 Å². The Labute approximate surface area is 183 Å². The molecule has 160 valence electrons. The van der Waals surface area contributed by atoms with E-state index in [1.807, 2.05) is 24.5 Å². The van der Waals surface area contributed by atoms with E-state index in [9.17, 15) is 4.79 Å². The van der Waals surface area contributed by atoms with Crippen molar-refractivity contribution in [3.63, 3.8) is 0 Å². The highest BCUT2D eigenvalue weighted by molar-refractivity contribution is 6.05. The summed E-state index contributed by atoms with van der Waals surface area (Å²) in [5, 5.41) is 24.2. The number of nitrogens with zero attached hydrogens (tertiary/aromatic N) is 8. The third kappa shape index (κ3) is 4.01. The van der Waals surface area contributed by atoms with Crippen molar-refractivity contribution in [3.8, 4) is 29.2 Å². The first kappa shape index (κ1) is 20.7. The van der Waals surface area contributed by atoms with Gasteiger partial charge >= 0.3 is 0 Å². The summed E-state index contributed by atoms with van der Waals surface area (Å²) < 4.78 is 8.59. The molecule has 0 bridgehead atoms. The second kappa shape index (κ2) is 8.65. The number of hydrogen-bond acceptors (Lipinski definition) is 8. The lowest BCUT2D eigenvalue weighted by atomic mass is 10.3. The third-order valence-electron chi connectivity index (χ3n) is 4.58. The molecule has 4 heterocycles. The van der Waals surface area contributed by atoms with E-state index in [1.54, 1.807) is 30.6 Å². The zero-order valence-electron chi connectivity index (χ0n) is 17.6. The number of nitriles is 1. The number of hydrogen-bond donors (Lipinski definition) is 1. The Hall–Kier alpha value is -4.59. The summed E-state index contributed by atoms with van der Waals surface area (Å²) in [5.41, 5.74) is 1.68. The van der Waals surface area contributed by atoms with Crippen molar-refractivity contribution < 1.29 is 9.53 Å². The molecule has 0 fully saturated rings. The summed E-state index contributed by atoms with van der Waals surface area (Å²) in [6.45, 7) is 4.04. The molecule has 4 rings (SSSR count). The van der Waals surface area contributed by atoms with E-state index in [0.717, 1.165) is 0 Å². The van der Waals surface area contributed by atoms with Gasteiger partial charge in [0.05, 0.1) is 24.6 Å². The second-order valence-electron chi connectivity index (χ2n) is 7.06. The van der Waals surface area contributed by atoms with Gasteiger partial charge in [-0.3, -0.25) is 9.78 Å². The predicted molar refractivity (Wildman–Crippen MR) is 114 cm³/mol. The average Bonchev–Trinajstić information content (AvgIpc) is 3.47. The monoisotopic (exact) mass is 429 g/mol. The van der Waals surface area contributed by atoms with Crippen molar-refractivity contribution in [2.24, 2.45) is 0 Å². The van der Waals surface area contributed by atoms with Gasteiger partial charge in [0.15, 0.2) is 5.82 Å². The van der Waals surface area contributed by atoms with Crippen LogP contribution in [0.4, 0.5) is 5.82 Å². The number of pyridine rings is 2. The zero-order valence-corrected chi connectivity index (χ0v) is 17.6. The second-order valence-corrected chi connectivity index (χ2v) is 7.06. The Kier molecular flexibility index (Phi) is 5.59. The number of nitrogens with one attached hydrogen (secondary N) is 1. The van der Waals surface area contributed by atoms with Gasteiger partial charge in [-0.15, -0.1) is 15.3 Å². The van der Waals surface area contributed by atoms with Gasteiger partial charge in [0.2, 0.25) is 5.88 Å². The minimum Gasteiger partial charge on any atom is -0.479 e. The van der Waals surface area contributed by atoms with E-state index in [-0.39, 0.29) is 17.5 Å². The molecule has 0 unspecified atom stereocenters. The van der Waals surface area contributed by atoms with Crippen LogP contribution in [0.15, 0.2) is 49.2 Å². The molecule has 11 heteroatoms. The van der Waals surface area contributed by atoms with Crippen LogP contribution in [0.25, 0.3) is 17.2 Å². The van der Waals surface area contributed by atoms with Gasteiger partial charge in [-0.25, -0.2) is 9.67 Å². The lowest BCUT2D eigenvalue weighted by molar-refractivity contribution is 0.102. The van der Waals surface area contributed by atoms with Crippen LogP contribution in [0.3, 0.4) is 0 Å². The van der Waals surface area contributed by atoms with Crippen LogP contribution in [-0.2, 0) is 0 Å². The molecule has 32 heavy (non-hydrogen) atoms. The molecule has 0 aromatic carbocycles. The maximum absolute atomic E-state index is 12.9. The van der Waals surface area contributed by atoms with Gasteiger partial charge in [-0.05, 0) is 32.0 Å². The highest BCUT2D eigenvalue weighted by atomic mass is 16.5. The molecule has 0 atom stereocenters. The first-order valence-corrected chi connectivity index (χ1v) is 9.67. The summed E-state index contributed by atoms with van der Waals surface area (Å²) in [6.07, 6.45) is 6.12. The van der Waals surface area contributed by atoms with Crippen LogP contribution in [-0.4, -0.2) is 47.5 Å². The number of aromatic nitrogens is 7. The standard InChI is InChI=1S/C21H19N9O2/c1-13(2)29-12-24-27-19(29)17-5-4-6-18(25-17)26-20(31)16-11-30(28-21(16)32-3)15-7-14(8-22)9-23-10-15/h4-7,9-13H,1-3H3,(H,25,26,31). The molecule has 0 aliphatic rings. The maximum Gasteiger partial charge on any atom is 0.263 e. The molecule has 1 N–H and O–H groups in total. The number of carbonyl (C=O) groups excluding carboxylic acids is 1. The van der Waals surface area contributed by atoms with Crippen LogP contribution < -0.4 is 10.1 Å². The summed E-state index contributed by atoms with van der Waals surface area (Å²) in [4.78, 5) is 21.5. The van der Waals surface area contributed by atoms with Crippen molar-refractivity contribution in [2.75, 3.05) is 12.4 Å². The molecular weight excluding hydrogens is 410 g/mol. The van der Waals surface area contributed by atoms with Crippen LogP contribution in [0.5, 0.6) is 5.88 Å². The molecule has 0 spiro atoms. The van der Waals surface area contributed by atoms with E-state index in [2.05, 4.69) is 30.6 Å². The number of anilines is 1. The van der Waals surface area contributed by atoms with Crippen LogP contribution in [0, 0.1) is 11.3 Å². The number of carbonyl (C=O) groups is 1. The maximum atomic E-state index is 12.9. The fourth-order valence-corrected chi connectivity index (χ4v) is 3.03. The number of amides is 1. The highest BCUT2D eigenvalue weighted by Crippen LogP contribution is 2.22. The van der Waals surface area contributed by atoms with E-state index in [0.29, 0.717) is 28.6 Å². The normalized spacial score (nSPS) is 10.7. The Bertz CT molecular complexity index is 1320. The van der Waals surface area contributed by atoms with Crippen molar-refractivity contribution in [1.82, 2.24) is 34.5 Å². The average molecular weight is 429 g/mol. The van der Waals surface area contributed by atoms with E-state index < -0.39 is 5.91 Å². The van der Waals surface area contributed by atoms with Gasteiger partial charge < -0.3 is 14.6 Å². The van der Waals surface area contributed by atoms with Crippen molar-refractivity contribution in [3.05, 3.63) is 60.3 Å². The fraction of sp³-hybridized carbons (Fsp3) is 0.190. The molecule has 4 aromatic rings. The van der Waals surface area contributed by atoms with Gasteiger partial charge in [-0.2, -0.15) is 5.26 Å². The largest absolute Gasteiger partial charge is 0.479 e. The highest BCUT2D eigenvalue weighted by Gasteiger charge is 2.19. The Morgan fingerprint density at radius 3 is 2.88 bits per heavy atom. The van der Waals surface area contributed by atoms with Crippen molar-refractivity contribution >= 4 is 11.7 Å². The topological polar surface area (TPSA) is 136 Å². The Morgan fingerprint density at radius 2 is 2.12 bits per heavy atom. The first-order chi connectivity index (χ1) is 15.5. The molecule has 11 nitrogen and oxygen atoms in total. The van der Waals surface area contributed by atoms with Gasteiger partial charge in [0.1, 0.15) is 29.5 Å². The lowest BCUT2D eigenvalue weighted by Crippen LogP contribution is -2.14. The third-order valence-corrected chi connectivity index (χ3v) is 4.58. The molecule has 0 saturated carbocycles. The SMILES string of the molecule is COc1nn(-c2cncc(C#N)c2)cc1C(=O)Nc1cccc(-c2nncn2C(C)C)n1. The summed E-state index contributed by atoms with van der Waals surface area (Å²) in [6, 6.07) is 9.03. The van der Waals surface area contributed by atoms with Gasteiger partial charge in [0.25, 0.3) is 5.91 Å². The van der Waals surface area contributed by atoms with E-state index in [4.69, 9.17) is 10.00 Å². The molecule has 0 radical (unpaired) electrons. The van der Waals surface area contributed by atoms with Crippen molar-refractivity contribution in [1.29, 1.82) is 5.26 Å². The summed E-state index contributed by atoms with van der Waals surface area (Å²) >= 11 is 0. The van der Waals surface area contributed by atoms with Crippen LogP contribution >= 0.6 is 0 Å². The number of methoxy groups -OCH3 is 1. The predicted octanol–water partition coefficient (Wildman–Crippen LogP) is 2.63. The summed E-state index contributed by atoms with van der Waals surface area (Å²) in [5.74, 6) is 0.619. The molecule has 0 aliphatic carbocycles. The fourth-order valence-electron chi connectivity index (χ4n) is 3.03. The minimum absolute atomic E-state index is 0.126. The molecule has 4 aromatic heterocycles. The van der Waals surface area contributed by atoms with Crippen LogP contribution in [0.2, 0.25) is 0 Å². The summed E-state index contributed by atoms with van der Waals surface area (Å²) in [7, 11) is 1.42. The first-order valence-electron chi connectivity index (χ1n) is 9.67. The quantitative estimate of drug-likeness (QED) is 0.494. The van der Waals surface area contributed by atoms with Gasteiger partial charge in [0, 0.05) is 18.4 Å². The smallest absolute Gasteiger partial charge is 0.263 e. The Balaban J connectivity index is 1.61. The lowest BCUT2D eigenvalue weighted by Gasteiger charge is -2.10. The minimum atomic E-state index is -0.451. The van der Waals surface area contributed by atoms with E-state index in [1.165, 1.54) is 30.4 Å². The van der Waals surface area contributed by atoms with Crippen LogP contribution in [0.1, 0.15) is 35.8 Å². The zero-order chi connectivity index (χ0) is 22.7. The molecule has 0 aliphatic heterocycles. The number of rotatable bonds is 6. The van der Waals surface area contributed by atoms with Gasteiger partial charge in [-0.1, -0.05) is 6.07 Å². The molecular formula is C21H19N9O2.